The summed E-state index contributed by atoms with van der Waals surface area (Å²) in [6.45, 7) is 2.51. The second-order valence-electron chi connectivity index (χ2n) is 5.29. The van der Waals surface area contributed by atoms with Crippen LogP contribution in [-0.2, 0) is 17.8 Å². The molecule has 0 saturated carbocycles. The lowest BCUT2D eigenvalue weighted by Gasteiger charge is -2.31. The van der Waals surface area contributed by atoms with Gasteiger partial charge in [-0.3, -0.25) is 4.79 Å². The van der Waals surface area contributed by atoms with Crippen LogP contribution in [-0.4, -0.2) is 37.0 Å². The molecule has 0 bridgehead atoms. The van der Waals surface area contributed by atoms with Gasteiger partial charge in [0.2, 0.25) is 5.91 Å². The van der Waals surface area contributed by atoms with Crippen LogP contribution in [0, 0.1) is 0 Å². The number of ether oxygens (including phenoxy) is 1. The first-order valence-electron chi connectivity index (χ1n) is 6.96. The third kappa shape index (κ3) is 2.91. The minimum Gasteiger partial charge on any atom is -0.497 e. The van der Waals surface area contributed by atoms with E-state index in [1.807, 2.05) is 11.0 Å². The quantitative estimate of drug-likeness (QED) is 0.904. The van der Waals surface area contributed by atoms with Crippen LogP contribution < -0.4 is 10.1 Å². The van der Waals surface area contributed by atoms with Crippen molar-refractivity contribution in [1.29, 1.82) is 0 Å². The molecule has 1 aromatic carbocycles. The van der Waals surface area contributed by atoms with Crippen LogP contribution in [0.25, 0.3) is 0 Å². The van der Waals surface area contributed by atoms with Crippen molar-refractivity contribution in [1.82, 2.24) is 10.2 Å². The third-order valence-electron chi connectivity index (χ3n) is 4.10. The molecule has 110 valence electrons. The van der Waals surface area contributed by atoms with Crippen LogP contribution in [0.1, 0.15) is 24.0 Å². The van der Waals surface area contributed by atoms with E-state index in [1.165, 1.54) is 11.1 Å². The third-order valence-corrected chi connectivity index (χ3v) is 4.10. The summed E-state index contributed by atoms with van der Waals surface area (Å²) in [5, 5.41) is 3.28. The number of hydrogen-bond acceptors (Lipinski definition) is 3. The number of hydrogen-bond donors (Lipinski definition) is 1. The molecule has 5 heteroatoms. The molecule has 0 aliphatic carbocycles. The smallest absolute Gasteiger partial charge is 0.240 e. The lowest BCUT2D eigenvalue weighted by atomic mass is 9.98. The molecule has 0 radical (unpaired) electrons. The Hall–Kier alpha value is -1.26. The Morgan fingerprint density at radius 1 is 1.40 bits per heavy atom. The van der Waals surface area contributed by atoms with Crippen molar-refractivity contribution < 1.29 is 9.53 Å². The summed E-state index contributed by atoms with van der Waals surface area (Å²) in [5.41, 5.74) is 2.56. The van der Waals surface area contributed by atoms with E-state index in [9.17, 15) is 4.79 Å². The molecule has 1 fully saturated rings. The van der Waals surface area contributed by atoms with Gasteiger partial charge in [-0.1, -0.05) is 6.07 Å². The Kier molecular flexibility index (Phi) is 4.89. The molecule has 1 N–H and O–H groups in total. The molecule has 4 nitrogen and oxygen atoms in total. The number of carbonyl (C=O) groups is 1. The molecule has 1 amide bonds. The minimum absolute atomic E-state index is 0. The molecule has 2 aliphatic rings. The van der Waals surface area contributed by atoms with Crippen molar-refractivity contribution in [3.63, 3.8) is 0 Å². The summed E-state index contributed by atoms with van der Waals surface area (Å²) in [5.74, 6) is 1.12. The molecular formula is C15H21ClN2O2. The van der Waals surface area contributed by atoms with Crippen LogP contribution in [0.3, 0.4) is 0 Å². The number of benzene rings is 1. The average Bonchev–Trinajstić information content (AvgIpc) is 2.99. The Morgan fingerprint density at radius 2 is 2.25 bits per heavy atom. The van der Waals surface area contributed by atoms with Gasteiger partial charge in [0.05, 0.1) is 13.2 Å². The minimum atomic E-state index is 0. The van der Waals surface area contributed by atoms with Crippen LogP contribution in [0.5, 0.6) is 5.75 Å². The standard InChI is InChI=1S/C15H20N2O2.ClH/c1-19-13-5-4-11-6-8-17(10-12(11)9-13)15(18)14-3-2-7-16-14;/h4-5,9,14,16H,2-3,6-8,10H2,1H3;1H. The van der Waals surface area contributed by atoms with Gasteiger partial charge in [0.1, 0.15) is 5.75 Å². The second-order valence-corrected chi connectivity index (χ2v) is 5.29. The van der Waals surface area contributed by atoms with Crippen LogP contribution in [0.2, 0.25) is 0 Å². The van der Waals surface area contributed by atoms with E-state index in [-0.39, 0.29) is 24.4 Å². The molecule has 1 unspecified atom stereocenters. The predicted molar refractivity (Wildman–Crippen MR) is 80.4 cm³/mol. The van der Waals surface area contributed by atoms with E-state index in [0.29, 0.717) is 6.54 Å². The van der Waals surface area contributed by atoms with Gasteiger partial charge in [-0.15, -0.1) is 12.4 Å². The first-order valence-corrected chi connectivity index (χ1v) is 6.96. The molecule has 2 heterocycles. The van der Waals surface area contributed by atoms with E-state index in [2.05, 4.69) is 17.4 Å². The molecule has 3 rings (SSSR count). The van der Waals surface area contributed by atoms with E-state index in [0.717, 1.165) is 38.1 Å². The monoisotopic (exact) mass is 296 g/mol. The van der Waals surface area contributed by atoms with Gasteiger partial charge in [-0.2, -0.15) is 0 Å². The van der Waals surface area contributed by atoms with Crippen molar-refractivity contribution in [2.45, 2.75) is 31.8 Å². The molecule has 2 aliphatic heterocycles. The highest BCUT2D eigenvalue weighted by Gasteiger charge is 2.29. The highest BCUT2D eigenvalue weighted by molar-refractivity contribution is 5.85. The normalized spacial score (nSPS) is 21.1. The van der Waals surface area contributed by atoms with E-state index < -0.39 is 0 Å². The number of fused-ring (bicyclic) bond motifs is 1. The molecule has 1 atom stereocenters. The molecule has 0 spiro atoms. The van der Waals surface area contributed by atoms with Crippen molar-refractivity contribution in [2.75, 3.05) is 20.2 Å². The fourth-order valence-corrected chi connectivity index (χ4v) is 2.96. The zero-order valence-electron chi connectivity index (χ0n) is 11.7. The zero-order valence-corrected chi connectivity index (χ0v) is 12.5. The molecule has 20 heavy (non-hydrogen) atoms. The zero-order chi connectivity index (χ0) is 13.2. The summed E-state index contributed by atoms with van der Waals surface area (Å²) in [6.07, 6.45) is 3.02. The Bertz CT molecular complexity index is 487. The predicted octanol–water partition coefficient (Wildman–Crippen LogP) is 1.75. The lowest BCUT2D eigenvalue weighted by molar-refractivity contribution is -0.134. The average molecular weight is 297 g/mol. The van der Waals surface area contributed by atoms with E-state index >= 15 is 0 Å². The fraction of sp³-hybridized carbons (Fsp3) is 0.533. The summed E-state index contributed by atoms with van der Waals surface area (Å²) in [7, 11) is 1.68. The Balaban J connectivity index is 0.00000147. The number of halogens is 1. The number of nitrogens with one attached hydrogen (secondary N) is 1. The largest absolute Gasteiger partial charge is 0.497 e. The highest BCUT2D eigenvalue weighted by atomic mass is 35.5. The van der Waals surface area contributed by atoms with E-state index in [1.54, 1.807) is 7.11 Å². The summed E-state index contributed by atoms with van der Waals surface area (Å²) >= 11 is 0. The number of nitrogens with zero attached hydrogens (tertiary/aromatic N) is 1. The lowest BCUT2D eigenvalue weighted by Crippen LogP contribution is -2.45. The molecule has 0 aromatic heterocycles. The van der Waals surface area contributed by atoms with Gasteiger partial charge in [0.15, 0.2) is 0 Å². The second kappa shape index (κ2) is 6.46. The number of methoxy groups -OCH3 is 1. The number of amides is 1. The summed E-state index contributed by atoms with van der Waals surface area (Å²) in [6, 6.07) is 6.20. The fourth-order valence-electron chi connectivity index (χ4n) is 2.96. The maximum absolute atomic E-state index is 12.4. The van der Waals surface area contributed by atoms with Crippen LogP contribution in [0.4, 0.5) is 0 Å². The van der Waals surface area contributed by atoms with Crippen LogP contribution >= 0.6 is 12.4 Å². The van der Waals surface area contributed by atoms with Gasteiger partial charge in [-0.25, -0.2) is 0 Å². The Labute approximate surface area is 125 Å². The molecule has 1 saturated heterocycles. The summed E-state index contributed by atoms with van der Waals surface area (Å²) in [4.78, 5) is 14.4. The van der Waals surface area contributed by atoms with Crippen LogP contribution in [0.15, 0.2) is 18.2 Å². The highest BCUT2D eigenvalue weighted by Crippen LogP contribution is 2.24. The maximum atomic E-state index is 12.4. The van der Waals surface area contributed by atoms with E-state index in [4.69, 9.17) is 4.74 Å². The van der Waals surface area contributed by atoms with Gasteiger partial charge in [0.25, 0.3) is 0 Å². The van der Waals surface area contributed by atoms with Crippen molar-refractivity contribution in [2.24, 2.45) is 0 Å². The Morgan fingerprint density at radius 3 is 2.95 bits per heavy atom. The van der Waals surface area contributed by atoms with Crippen molar-refractivity contribution in [3.05, 3.63) is 29.3 Å². The number of rotatable bonds is 2. The molecular weight excluding hydrogens is 276 g/mol. The number of carbonyl (C=O) groups excluding carboxylic acids is 1. The SMILES string of the molecule is COc1ccc2c(c1)CN(C(=O)C1CCCN1)CC2.Cl. The maximum Gasteiger partial charge on any atom is 0.240 e. The first kappa shape index (κ1) is 15.1. The van der Waals surface area contributed by atoms with Gasteiger partial charge < -0.3 is 15.0 Å². The topological polar surface area (TPSA) is 41.6 Å². The summed E-state index contributed by atoms with van der Waals surface area (Å²) < 4.78 is 5.26. The van der Waals surface area contributed by atoms with Crippen molar-refractivity contribution >= 4 is 18.3 Å². The van der Waals surface area contributed by atoms with Gasteiger partial charge in [0, 0.05) is 13.1 Å². The molecule has 1 aromatic rings. The van der Waals surface area contributed by atoms with Gasteiger partial charge >= 0.3 is 0 Å². The van der Waals surface area contributed by atoms with Crippen molar-refractivity contribution in [3.8, 4) is 5.75 Å². The van der Waals surface area contributed by atoms with Gasteiger partial charge in [-0.05, 0) is 49.1 Å². The first-order chi connectivity index (χ1) is 9.28.